The quantitative estimate of drug-likeness (QED) is 0.618. The molecule has 1 aliphatic rings. The molecule has 0 spiro atoms. The molecule has 0 amide bonds. The summed E-state index contributed by atoms with van der Waals surface area (Å²) in [6.07, 6.45) is -0.174. The highest BCUT2D eigenvalue weighted by Gasteiger charge is 2.28. The van der Waals surface area contributed by atoms with Gasteiger partial charge in [-0.1, -0.05) is 30.3 Å². The molecule has 19 heavy (non-hydrogen) atoms. The summed E-state index contributed by atoms with van der Waals surface area (Å²) in [6, 6.07) is 9.72. The van der Waals surface area contributed by atoms with E-state index in [0.717, 1.165) is 5.56 Å². The Morgan fingerprint density at radius 1 is 1.47 bits per heavy atom. The summed E-state index contributed by atoms with van der Waals surface area (Å²) in [5, 5.41) is 0. The van der Waals surface area contributed by atoms with Crippen LogP contribution in [0.1, 0.15) is 5.56 Å². The second kappa shape index (κ2) is 6.63. The van der Waals surface area contributed by atoms with E-state index in [2.05, 4.69) is 10.9 Å². The van der Waals surface area contributed by atoms with Gasteiger partial charge in [-0.25, -0.2) is 5.43 Å². The first kappa shape index (κ1) is 14.0. The highest BCUT2D eigenvalue weighted by molar-refractivity contribution is 5.71. The number of nitrogens with two attached hydrogens (primary N) is 1. The largest absolute Gasteiger partial charge is 0.460 e. The van der Waals surface area contributed by atoms with Crippen molar-refractivity contribution in [2.24, 2.45) is 5.73 Å². The average Bonchev–Trinajstić information content (AvgIpc) is 2.84. The molecule has 4 N–H and O–H groups in total. The number of rotatable bonds is 5. The second-order valence-corrected chi connectivity index (χ2v) is 4.68. The topological polar surface area (TPSA) is 79.6 Å². The summed E-state index contributed by atoms with van der Waals surface area (Å²) in [6.45, 7) is 1.25. The number of benzene rings is 1. The van der Waals surface area contributed by atoms with Crippen molar-refractivity contribution in [3.05, 3.63) is 35.9 Å². The van der Waals surface area contributed by atoms with Crippen LogP contribution in [0.15, 0.2) is 30.3 Å². The summed E-state index contributed by atoms with van der Waals surface area (Å²) in [5.41, 5.74) is 12.7. The van der Waals surface area contributed by atoms with E-state index in [0.29, 0.717) is 13.2 Å². The molecule has 1 heterocycles. The third-order valence-electron chi connectivity index (χ3n) is 3.18. The zero-order chi connectivity index (χ0) is 13.7. The molecule has 2 atom stereocenters. The van der Waals surface area contributed by atoms with Gasteiger partial charge in [-0.3, -0.25) is 15.1 Å². The minimum absolute atomic E-state index is 0.0873. The molecular formula is C13H20N4O2. The molecule has 0 saturated carbocycles. The molecule has 1 aliphatic heterocycles. The van der Waals surface area contributed by atoms with Gasteiger partial charge in [0.05, 0.1) is 18.8 Å². The van der Waals surface area contributed by atoms with Gasteiger partial charge in [-0.2, -0.15) is 0 Å². The van der Waals surface area contributed by atoms with Crippen LogP contribution >= 0.6 is 0 Å². The molecule has 6 nitrogen and oxygen atoms in total. The monoisotopic (exact) mass is 264 g/mol. The Balaban J connectivity index is 1.75. The molecule has 0 aliphatic carbocycles. The predicted molar refractivity (Wildman–Crippen MR) is 71.8 cm³/mol. The van der Waals surface area contributed by atoms with Crippen LogP contribution < -0.4 is 16.6 Å². The van der Waals surface area contributed by atoms with Gasteiger partial charge < -0.3 is 10.5 Å². The number of ether oxygens (including phenoxy) is 1. The number of nitrogens with zero attached hydrogens (tertiary/aromatic N) is 1. The fraction of sp³-hybridized carbons (Fsp3) is 0.462. The minimum atomic E-state index is -0.245. The summed E-state index contributed by atoms with van der Waals surface area (Å²) in [4.78, 5) is 13.6. The van der Waals surface area contributed by atoms with Crippen molar-refractivity contribution >= 4 is 5.97 Å². The van der Waals surface area contributed by atoms with Crippen molar-refractivity contribution in [3.63, 3.8) is 0 Å². The third kappa shape index (κ3) is 4.00. The summed E-state index contributed by atoms with van der Waals surface area (Å²) in [7, 11) is 1.86. The first-order chi connectivity index (χ1) is 9.16. The van der Waals surface area contributed by atoms with Gasteiger partial charge in [0, 0.05) is 6.54 Å². The van der Waals surface area contributed by atoms with E-state index in [4.69, 9.17) is 10.5 Å². The number of esters is 1. The molecular weight excluding hydrogens is 244 g/mol. The Hall–Kier alpha value is -1.47. The van der Waals surface area contributed by atoms with Gasteiger partial charge in [0.2, 0.25) is 0 Å². The van der Waals surface area contributed by atoms with Gasteiger partial charge >= 0.3 is 5.97 Å². The van der Waals surface area contributed by atoms with Gasteiger partial charge in [0.1, 0.15) is 6.61 Å². The fourth-order valence-electron chi connectivity index (χ4n) is 2.04. The maximum atomic E-state index is 11.7. The van der Waals surface area contributed by atoms with Gasteiger partial charge in [-0.05, 0) is 12.6 Å². The number of hydrazine groups is 1. The normalized spacial score (nSPS) is 22.7. The van der Waals surface area contributed by atoms with E-state index >= 15 is 0 Å². The predicted octanol–water partition coefficient (Wildman–Crippen LogP) is -0.577. The van der Waals surface area contributed by atoms with Crippen molar-refractivity contribution in [2.45, 2.75) is 18.8 Å². The zero-order valence-corrected chi connectivity index (χ0v) is 11.0. The van der Waals surface area contributed by atoms with E-state index in [1.165, 1.54) is 0 Å². The molecule has 2 unspecified atom stereocenters. The van der Waals surface area contributed by atoms with Gasteiger partial charge in [-0.15, -0.1) is 0 Å². The minimum Gasteiger partial charge on any atom is -0.460 e. The molecule has 0 bridgehead atoms. The first-order valence-corrected chi connectivity index (χ1v) is 6.30. The summed E-state index contributed by atoms with van der Waals surface area (Å²) >= 11 is 0. The van der Waals surface area contributed by atoms with Crippen LogP contribution in [0.25, 0.3) is 0 Å². The van der Waals surface area contributed by atoms with Gasteiger partial charge in [0.15, 0.2) is 0 Å². The van der Waals surface area contributed by atoms with Crippen molar-refractivity contribution in [3.8, 4) is 0 Å². The van der Waals surface area contributed by atoms with E-state index in [-0.39, 0.29) is 24.7 Å². The lowest BCUT2D eigenvalue weighted by molar-refractivity contribution is -0.146. The number of nitrogens with one attached hydrogen (secondary N) is 2. The van der Waals surface area contributed by atoms with E-state index < -0.39 is 0 Å². The highest BCUT2D eigenvalue weighted by Crippen LogP contribution is 2.04. The molecule has 1 aromatic rings. The first-order valence-electron chi connectivity index (χ1n) is 6.30. The SMILES string of the molecule is CN(CC(=O)OCc1ccccc1)C1CNNC1N. The Morgan fingerprint density at radius 3 is 2.84 bits per heavy atom. The van der Waals surface area contributed by atoms with Crippen LogP contribution in [0.2, 0.25) is 0 Å². The maximum Gasteiger partial charge on any atom is 0.320 e. The Morgan fingerprint density at radius 2 is 2.21 bits per heavy atom. The van der Waals surface area contributed by atoms with E-state index in [1.807, 2.05) is 42.3 Å². The lowest BCUT2D eigenvalue weighted by Gasteiger charge is -2.25. The van der Waals surface area contributed by atoms with Crippen molar-refractivity contribution in [1.82, 2.24) is 15.8 Å². The molecule has 0 radical (unpaired) electrons. The van der Waals surface area contributed by atoms with Crippen LogP contribution in [0.3, 0.4) is 0 Å². The number of carbonyl (C=O) groups excluding carboxylic acids is 1. The smallest absolute Gasteiger partial charge is 0.320 e. The van der Waals surface area contributed by atoms with Crippen LogP contribution in [0.4, 0.5) is 0 Å². The standard InChI is InChI=1S/C13H20N4O2/c1-17(11-7-15-16-13(11)14)8-12(18)19-9-10-5-3-2-4-6-10/h2-6,11,13,15-16H,7-9,14H2,1H3. The Labute approximate surface area is 112 Å². The zero-order valence-electron chi connectivity index (χ0n) is 11.0. The fourth-order valence-corrected chi connectivity index (χ4v) is 2.04. The number of likely N-dealkylation sites (N-methyl/N-ethyl adjacent to an activating group) is 1. The third-order valence-corrected chi connectivity index (χ3v) is 3.18. The van der Waals surface area contributed by atoms with E-state index in [9.17, 15) is 4.79 Å². The molecule has 1 fully saturated rings. The molecule has 0 aromatic heterocycles. The maximum absolute atomic E-state index is 11.7. The average molecular weight is 264 g/mol. The molecule has 104 valence electrons. The van der Waals surface area contributed by atoms with Crippen LogP contribution in [0.5, 0.6) is 0 Å². The second-order valence-electron chi connectivity index (χ2n) is 4.68. The van der Waals surface area contributed by atoms with Crippen LogP contribution in [-0.2, 0) is 16.1 Å². The lowest BCUT2D eigenvalue weighted by Crippen LogP contribution is -2.50. The number of carbonyl (C=O) groups is 1. The Kier molecular flexibility index (Phi) is 4.86. The van der Waals surface area contributed by atoms with Crippen molar-refractivity contribution in [2.75, 3.05) is 20.1 Å². The number of hydrogen-bond acceptors (Lipinski definition) is 6. The summed E-state index contributed by atoms with van der Waals surface area (Å²) < 4.78 is 5.23. The molecule has 6 heteroatoms. The van der Waals surface area contributed by atoms with Crippen LogP contribution in [-0.4, -0.2) is 43.2 Å². The summed E-state index contributed by atoms with van der Waals surface area (Å²) in [5.74, 6) is -0.245. The number of hydrogen-bond donors (Lipinski definition) is 3. The Bertz CT molecular complexity index is 412. The van der Waals surface area contributed by atoms with Crippen LogP contribution in [0, 0.1) is 0 Å². The van der Waals surface area contributed by atoms with Crippen molar-refractivity contribution < 1.29 is 9.53 Å². The lowest BCUT2D eigenvalue weighted by atomic mass is 10.2. The molecule has 2 rings (SSSR count). The molecule has 1 aromatic carbocycles. The molecule has 1 saturated heterocycles. The van der Waals surface area contributed by atoms with E-state index in [1.54, 1.807) is 0 Å². The highest BCUT2D eigenvalue weighted by atomic mass is 16.5. The van der Waals surface area contributed by atoms with Crippen molar-refractivity contribution in [1.29, 1.82) is 0 Å². The van der Waals surface area contributed by atoms with Gasteiger partial charge in [0.25, 0.3) is 0 Å².